The van der Waals surface area contributed by atoms with E-state index in [1.165, 1.54) is 56.5 Å². The molecule has 0 unspecified atom stereocenters. The minimum atomic E-state index is 0.358. The predicted molar refractivity (Wildman–Crippen MR) is 65.7 cm³/mol. The van der Waals surface area contributed by atoms with Crippen LogP contribution >= 0.6 is 0 Å². The van der Waals surface area contributed by atoms with Gasteiger partial charge in [0.1, 0.15) is 0 Å². The lowest BCUT2D eigenvalue weighted by Gasteiger charge is -2.14. The number of hydrogen-bond donors (Lipinski definition) is 3. The summed E-state index contributed by atoms with van der Waals surface area (Å²) in [6.07, 6.45) is 10.7. The molecule has 0 heterocycles. The van der Waals surface area contributed by atoms with Gasteiger partial charge < -0.3 is 5.73 Å². The van der Waals surface area contributed by atoms with Crippen LogP contribution in [-0.4, -0.2) is 18.3 Å². The fourth-order valence-electron chi connectivity index (χ4n) is 1.55. The zero-order chi connectivity index (χ0) is 11.4. The van der Waals surface area contributed by atoms with Crippen LogP contribution in [0.2, 0.25) is 0 Å². The topological polar surface area (TPSA) is 67.3 Å². The number of hydrazine groups is 2. The first kappa shape index (κ1) is 14.8. The Hall–Kier alpha value is -0.160. The molecule has 15 heavy (non-hydrogen) atoms. The second kappa shape index (κ2) is 11.9. The van der Waals surface area contributed by atoms with E-state index in [0.29, 0.717) is 6.67 Å². The van der Waals surface area contributed by atoms with Gasteiger partial charge >= 0.3 is 0 Å². The van der Waals surface area contributed by atoms with E-state index in [0.717, 1.165) is 6.54 Å². The van der Waals surface area contributed by atoms with E-state index < -0.39 is 0 Å². The number of unbranched alkanes of at least 4 members (excludes halogenated alkanes) is 7. The molecule has 0 bridgehead atoms. The molecule has 0 saturated heterocycles. The molecule has 92 valence electrons. The molecule has 0 aromatic heterocycles. The van der Waals surface area contributed by atoms with Gasteiger partial charge in [0, 0.05) is 6.54 Å². The Balaban J connectivity index is 2.92. The van der Waals surface area contributed by atoms with Crippen LogP contribution < -0.4 is 17.0 Å². The third-order valence-electron chi connectivity index (χ3n) is 2.54. The minimum Gasteiger partial charge on any atom is -0.316 e. The molecule has 4 nitrogen and oxygen atoms in total. The highest BCUT2D eigenvalue weighted by Crippen LogP contribution is 2.07. The molecule has 5 N–H and O–H groups in total. The third kappa shape index (κ3) is 11.8. The van der Waals surface area contributed by atoms with E-state index in [4.69, 9.17) is 11.6 Å². The number of nitrogens with one attached hydrogen (secondary N) is 1. The Morgan fingerprint density at radius 1 is 0.933 bits per heavy atom. The van der Waals surface area contributed by atoms with Gasteiger partial charge in [0.05, 0.1) is 6.67 Å². The molecule has 0 fully saturated rings. The van der Waals surface area contributed by atoms with Gasteiger partial charge in [-0.05, 0) is 6.42 Å². The Morgan fingerprint density at radius 2 is 1.47 bits per heavy atom. The van der Waals surface area contributed by atoms with Crippen LogP contribution in [0.1, 0.15) is 58.3 Å². The van der Waals surface area contributed by atoms with Crippen molar-refractivity contribution in [3.63, 3.8) is 0 Å². The average molecular weight is 216 g/mol. The summed E-state index contributed by atoms with van der Waals surface area (Å²) in [6, 6.07) is 0. The summed E-state index contributed by atoms with van der Waals surface area (Å²) in [4.78, 5) is 0. The van der Waals surface area contributed by atoms with E-state index in [-0.39, 0.29) is 0 Å². The van der Waals surface area contributed by atoms with Crippen LogP contribution in [-0.2, 0) is 0 Å². The third-order valence-corrected chi connectivity index (χ3v) is 2.54. The van der Waals surface area contributed by atoms with Crippen molar-refractivity contribution >= 4 is 0 Å². The first-order chi connectivity index (χ1) is 7.31. The lowest BCUT2D eigenvalue weighted by atomic mass is 10.1. The molecule has 0 radical (unpaired) electrons. The maximum atomic E-state index is 5.47. The van der Waals surface area contributed by atoms with Gasteiger partial charge in [0.15, 0.2) is 0 Å². The molecule has 0 atom stereocenters. The van der Waals surface area contributed by atoms with Gasteiger partial charge in [-0.15, -0.1) is 0 Å². The monoisotopic (exact) mass is 216 g/mol. The van der Waals surface area contributed by atoms with Gasteiger partial charge in [-0.1, -0.05) is 51.9 Å². The van der Waals surface area contributed by atoms with Crippen molar-refractivity contribution in [2.75, 3.05) is 13.2 Å². The first-order valence-corrected chi connectivity index (χ1v) is 6.27. The highest BCUT2D eigenvalue weighted by Gasteiger charge is 1.93. The minimum absolute atomic E-state index is 0.358. The number of nitrogens with zero attached hydrogens (tertiary/aromatic N) is 1. The van der Waals surface area contributed by atoms with Crippen molar-refractivity contribution in [3.8, 4) is 0 Å². The number of nitrogens with two attached hydrogens (primary N) is 2. The molecule has 0 aromatic carbocycles. The second-order valence-corrected chi connectivity index (χ2v) is 4.04. The lowest BCUT2D eigenvalue weighted by molar-refractivity contribution is 0.196. The Morgan fingerprint density at radius 3 is 2.00 bits per heavy atom. The Kier molecular flexibility index (Phi) is 11.8. The molecule has 0 amide bonds. The maximum Gasteiger partial charge on any atom is 0.0752 e. The summed E-state index contributed by atoms with van der Waals surface area (Å²) in [5.41, 5.74) is 8.35. The van der Waals surface area contributed by atoms with Crippen LogP contribution in [0.4, 0.5) is 0 Å². The van der Waals surface area contributed by atoms with Gasteiger partial charge in [0.25, 0.3) is 0 Å². The Labute approximate surface area is 94.3 Å². The fraction of sp³-hybridized carbons (Fsp3) is 1.00. The summed E-state index contributed by atoms with van der Waals surface area (Å²) in [5.74, 6) is 5.47. The molecular weight excluding hydrogens is 188 g/mol. The van der Waals surface area contributed by atoms with Crippen LogP contribution in [0.25, 0.3) is 0 Å². The van der Waals surface area contributed by atoms with Crippen LogP contribution in [0, 0.1) is 0 Å². The van der Waals surface area contributed by atoms with E-state index in [2.05, 4.69) is 12.3 Å². The van der Waals surface area contributed by atoms with Crippen molar-refractivity contribution in [3.05, 3.63) is 0 Å². The van der Waals surface area contributed by atoms with Gasteiger partial charge in [-0.2, -0.15) is 5.12 Å². The van der Waals surface area contributed by atoms with E-state index in [1.54, 1.807) is 0 Å². The normalized spacial score (nSPS) is 11.2. The largest absolute Gasteiger partial charge is 0.316 e. The van der Waals surface area contributed by atoms with Crippen molar-refractivity contribution in [2.24, 2.45) is 11.6 Å². The molecule has 4 heteroatoms. The van der Waals surface area contributed by atoms with Crippen LogP contribution in [0.15, 0.2) is 0 Å². The van der Waals surface area contributed by atoms with E-state index in [9.17, 15) is 0 Å². The van der Waals surface area contributed by atoms with Crippen molar-refractivity contribution in [1.29, 1.82) is 0 Å². The molecule has 0 aliphatic carbocycles. The summed E-state index contributed by atoms with van der Waals surface area (Å²) in [7, 11) is 0. The lowest BCUT2D eigenvalue weighted by Crippen LogP contribution is -2.47. The zero-order valence-electron chi connectivity index (χ0n) is 10.2. The van der Waals surface area contributed by atoms with Gasteiger partial charge in [-0.3, -0.25) is 5.84 Å². The molecule has 0 aromatic rings. The maximum absolute atomic E-state index is 5.47. The van der Waals surface area contributed by atoms with E-state index in [1.807, 2.05) is 0 Å². The molecule has 0 saturated carbocycles. The van der Waals surface area contributed by atoms with Crippen LogP contribution in [0.5, 0.6) is 0 Å². The smallest absolute Gasteiger partial charge is 0.0752 e. The van der Waals surface area contributed by atoms with Crippen molar-refractivity contribution in [1.82, 2.24) is 10.5 Å². The first-order valence-electron chi connectivity index (χ1n) is 6.27. The SMILES string of the molecule is CCCCCCCCCCNN(N)CN. The summed E-state index contributed by atoms with van der Waals surface area (Å²) < 4.78 is 0. The number of rotatable bonds is 11. The van der Waals surface area contributed by atoms with Crippen LogP contribution in [0.3, 0.4) is 0 Å². The molecular formula is C11H28N4. The van der Waals surface area contributed by atoms with Crippen molar-refractivity contribution < 1.29 is 0 Å². The fourth-order valence-corrected chi connectivity index (χ4v) is 1.55. The highest BCUT2D eigenvalue weighted by molar-refractivity contribution is 4.47. The van der Waals surface area contributed by atoms with Gasteiger partial charge in [-0.25, -0.2) is 5.43 Å². The van der Waals surface area contributed by atoms with E-state index >= 15 is 0 Å². The van der Waals surface area contributed by atoms with Crippen molar-refractivity contribution in [2.45, 2.75) is 58.3 Å². The molecule has 0 spiro atoms. The zero-order valence-corrected chi connectivity index (χ0v) is 10.2. The standard InChI is InChI=1S/C11H28N4/c1-2-3-4-5-6-7-8-9-10-14-15(13)11-12/h14H,2-13H2,1H3. The Bertz CT molecular complexity index is 119. The molecule has 0 rings (SSSR count). The molecule has 0 aliphatic heterocycles. The number of hydrogen-bond acceptors (Lipinski definition) is 4. The summed E-state index contributed by atoms with van der Waals surface area (Å²) in [5, 5.41) is 1.43. The summed E-state index contributed by atoms with van der Waals surface area (Å²) in [6.45, 7) is 3.54. The average Bonchev–Trinajstić information content (AvgIpc) is 2.26. The second-order valence-electron chi connectivity index (χ2n) is 4.04. The van der Waals surface area contributed by atoms with Gasteiger partial charge in [0.2, 0.25) is 0 Å². The summed E-state index contributed by atoms with van der Waals surface area (Å²) >= 11 is 0. The molecule has 0 aliphatic rings. The highest BCUT2D eigenvalue weighted by atomic mass is 15.7. The quantitative estimate of drug-likeness (QED) is 0.213. The predicted octanol–water partition coefficient (Wildman–Crippen LogP) is 1.72.